The monoisotopic (exact) mass is 394 g/mol. The van der Waals surface area contributed by atoms with E-state index in [0.717, 1.165) is 52.2 Å². The number of aromatic nitrogens is 1. The molecule has 6 heteroatoms. The smallest absolute Gasteiger partial charge is 0.251 e. The molecule has 1 aliphatic heterocycles. The standard InChI is InChI=1S/C22H19ClN2O3/c23-21-15-4-3-5-17(15)25-18-10-13(8-9-16(18)21)22(26)24-11-14-12-27-19-6-1-2-7-20(19)28-14/h1-2,6-10,14H,3-5,11-12H2,(H,24,26). The summed E-state index contributed by atoms with van der Waals surface area (Å²) in [5, 5.41) is 4.60. The van der Waals surface area contributed by atoms with E-state index in [1.165, 1.54) is 0 Å². The van der Waals surface area contributed by atoms with Gasteiger partial charge in [0.1, 0.15) is 12.7 Å². The van der Waals surface area contributed by atoms with Crippen LogP contribution < -0.4 is 14.8 Å². The molecule has 1 amide bonds. The molecule has 142 valence electrons. The highest BCUT2D eigenvalue weighted by atomic mass is 35.5. The summed E-state index contributed by atoms with van der Waals surface area (Å²) in [5.74, 6) is 1.27. The number of nitrogens with one attached hydrogen (secondary N) is 1. The number of para-hydroxylation sites is 2. The quantitative estimate of drug-likeness (QED) is 0.730. The van der Waals surface area contributed by atoms with Crippen molar-refractivity contribution in [3.05, 3.63) is 64.3 Å². The number of benzene rings is 2. The first-order valence-electron chi connectivity index (χ1n) is 9.47. The van der Waals surface area contributed by atoms with Crippen LogP contribution >= 0.6 is 11.6 Å². The molecule has 0 bridgehead atoms. The largest absolute Gasteiger partial charge is 0.486 e. The maximum Gasteiger partial charge on any atom is 0.251 e. The van der Waals surface area contributed by atoms with Crippen molar-refractivity contribution in [1.82, 2.24) is 10.3 Å². The first-order chi connectivity index (χ1) is 13.7. The Labute approximate surface area is 167 Å². The molecule has 1 unspecified atom stereocenters. The minimum atomic E-state index is -0.227. The number of aryl methyl sites for hydroxylation is 1. The molecule has 5 nitrogen and oxygen atoms in total. The topological polar surface area (TPSA) is 60.5 Å². The van der Waals surface area contributed by atoms with Crippen LogP contribution in [0.2, 0.25) is 5.02 Å². The molecule has 1 aromatic heterocycles. The minimum absolute atomic E-state index is 0.164. The van der Waals surface area contributed by atoms with Crippen molar-refractivity contribution in [3.63, 3.8) is 0 Å². The fourth-order valence-electron chi connectivity index (χ4n) is 3.82. The van der Waals surface area contributed by atoms with E-state index >= 15 is 0 Å². The summed E-state index contributed by atoms with van der Waals surface area (Å²) < 4.78 is 11.6. The van der Waals surface area contributed by atoms with Crippen molar-refractivity contribution >= 4 is 28.4 Å². The fourth-order valence-corrected chi connectivity index (χ4v) is 4.18. The summed E-state index contributed by atoms with van der Waals surface area (Å²) in [5.41, 5.74) is 3.54. The van der Waals surface area contributed by atoms with E-state index in [9.17, 15) is 4.79 Å². The summed E-state index contributed by atoms with van der Waals surface area (Å²) in [4.78, 5) is 17.4. The van der Waals surface area contributed by atoms with E-state index in [1.54, 1.807) is 6.07 Å². The Morgan fingerprint density at radius 1 is 1.18 bits per heavy atom. The molecule has 1 aliphatic carbocycles. The van der Waals surface area contributed by atoms with Crippen LogP contribution in [0.4, 0.5) is 0 Å². The van der Waals surface area contributed by atoms with Gasteiger partial charge in [-0.3, -0.25) is 9.78 Å². The summed E-state index contributed by atoms with van der Waals surface area (Å²) in [6.07, 6.45) is 2.78. The van der Waals surface area contributed by atoms with Gasteiger partial charge in [0.2, 0.25) is 0 Å². The van der Waals surface area contributed by atoms with Gasteiger partial charge in [-0.2, -0.15) is 0 Å². The molecule has 0 saturated heterocycles. The zero-order valence-electron chi connectivity index (χ0n) is 15.2. The van der Waals surface area contributed by atoms with Gasteiger partial charge < -0.3 is 14.8 Å². The fraction of sp³-hybridized carbons (Fsp3) is 0.273. The van der Waals surface area contributed by atoms with Crippen LogP contribution in [0.5, 0.6) is 11.5 Å². The van der Waals surface area contributed by atoms with Gasteiger partial charge in [-0.25, -0.2) is 0 Å². The highest BCUT2D eigenvalue weighted by molar-refractivity contribution is 6.36. The third-order valence-electron chi connectivity index (χ3n) is 5.26. The van der Waals surface area contributed by atoms with E-state index in [-0.39, 0.29) is 12.0 Å². The zero-order valence-corrected chi connectivity index (χ0v) is 16.0. The van der Waals surface area contributed by atoms with Gasteiger partial charge in [0, 0.05) is 16.6 Å². The molecular weight excluding hydrogens is 376 g/mol. The molecule has 1 N–H and O–H groups in total. The van der Waals surface area contributed by atoms with Gasteiger partial charge in [-0.1, -0.05) is 29.8 Å². The molecule has 0 radical (unpaired) electrons. The predicted molar refractivity (Wildman–Crippen MR) is 107 cm³/mol. The van der Waals surface area contributed by atoms with E-state index in [0.29, 0.717) is 24.5 Å². The average Bonchev–Trinajstić information content (AvgIpc) is 3.20. The molecule has 1 atom stereocenters. The number of ether oxygens (including phenoxy) is 2. The number of nitrogens with zero attached hydrogens (tertiary/aromatic N) is 1. The van der Waals surface area contributed by atoms with Crippen molar-refractivity contribution in [2.75, 3.05) is 13.2 Å². The van der Waals surface area contributed by atoms with Crippen LogP contribution in [0.1, 0.15) is 28.0 Å². The molecular formula is C22H19ClN2O3. The minimum Gasteiger partial charge on any atom is -0.486 e. The van der Waals surface area contributed by atoms with E-state index < -0.39 is 0 Å². The number of fused-ring (bicyclic) bond motifs is 3. The number of pyridine rings is 1. The number of carbonyl (C=O) groups is 1. The Morgan fingerprint density at radius 3 is 2.93 bits per heavy atom. The Morgan fingerprint density at radius 2 is 2.04 bits per heavy atom. The van der Waals surface area contributed by atoms with Crippen LogP contribution in [-0.2, 0) is 12.8 Å². The third kappa shape index (κ3) is 3.06. The average molecular weight is 395 g/mol. The van der Waals surface area contributed by atoms with E-state index in [1.807, 2.05) is 36.4 Å². The first kappa shape index (κ1) is 17.3. The van der Waals surface area contributed by atoms with Crippen molar-refractivity contribution < 1.29 is 14.3 Å². The molecule has 0 saturated carbocycles. The number of rotatable bonds is 3. The molecule has 28 heavy (non-hydrogen) atoms. The normalized spacial score (nSPS) is 17.4. The van der Waals surface area contributed by atoms with Gasteiger partial charge in [0.25, 0.3) is 5.91 Å². The number of hydrogen-bond donors (Lipinski definition) is 1. The van der Waals surface area contributed by atoms with E-state index in [2.05, 4.69) is 5.32 Å². The van der Waals surface area contributed by atoms with Crippen molar-refractivity contribution in [1.29, 1.82) is 0 Å². The summed E-state index contributed by atoms with van der Waals surface area (Å²) >= 11 is 6.55. The number of hydrogen-bond acceptors (Lipinski definition) is 4. The van der Waals surface area contributed by atoms with Gasteiger partial charge in [0.05, 0.1) is 17.1 Å². The van der Waals surface area contributed by atoms with Gasteiger partial charge >= 0.3 is 0 Å². The first-order valence-corrected chi connectivity index (χ1v) is 9.84. The second-order valence-corrected chi connectivity index (χ2v) is 7.52. The van der Waals surface area contributed by atoms with Crippen LogP contribution in [0.25, 0.3) is 10.9 Å². The second kappa shape index (κ2) is 6.99. The third-order valence-corrected chi connectivity index (χ3v) is 5.69. The lowest BCUT2D eigenvalue weighted by atomic mass is 10.1. The summed E-state index contributed by atoms with van der Waals surface area (Å²) in [7, 11) is 0. The summed E-state index contributed by atoms with van der Waals surface area (Å²) in [6.45, 7) is 0.766. The maximum atomic E-state index is 12.6. The van der Waals surface area contributed by atoms with Crippen molar-refractivity contribution in [2.24, 2.45) is 0 Å². The van der Waals surface area contributed by atoms with E-state index in [4.69, 9.17) is 26.1 Å². The van der Waals surface area contributed by atoms with Crippen LogP contribution in [-0.4, -0.2) is 30.1 Å². The van der Waals surface area contributed by atoms with Crippen LogP contribution in [0, 0.1) is 0 Å². The Kier molecular flexibility index (Phi) is 4.32. The molecule has 0 spiro atoms. The highest BCUT2D eigenvalue weighted by Gasteiger charge is 2.22. The van der Waals surface area contributed by atoms with Crippen LogP contribution in [0.3, 0.4) is 0 Å². The van der Waals surface area contributed by atoms with Gasteiger partial charge in [-0.05, 0) is 49.1 Å². The molecule has 2 heterocycles. The lowest BCUT2D eigenvalue weighted by molar-refractivity contribution is 0.0789. The predicted octanol–water partition coefficient (Wildman–Crippen LogP) is 3.95. The Balaban J connectivity index is 1.31. The van der Waals surface area contributed by atoms with Crippen molar-refractivity contribution in [3.8, 4) is 11.5 Å². The molecule has 5 rings (SSSR count). The highest BCUT2D eigenvalue weighted by Crippen LogP contribution is 2.34. The number of carbonyl (C=O) groups excluding carboxylic acids is 1. The Bertz CT molecular complexity index is 1080. The molecule has 3 aromatic rings. The lowest BCUT2D eigenvalue weighted by Crippen LogP contribution is -2.40. The number of halogens is 1. The van der Waals surface area contributed by atoms with Crippen molar-refractivity contribution in [2.45, 2.75) is 25.4 Å². The summed E-state index contributed by atoms with van der Waals surface area (Å²) in [6, 6.07) is 13.0. The SMILES string of the molecule is O=C(NCC1COc2ccccc2O1)c1ccc2c(Cl)c3c(nc2c1)CCC3. The molecule has 2 aliphatic rings. The van der Waals surface area contributed by atoms with Gasteiger partial charge in [0.15, 0.2) is 11.5 Å². The molecule has 0 fully saturated rings. The van der Waals surface area contributed by atoms with Gasteiger partial charge in [-0.15, -0.1) is 0 Å². The Hall–Kier alpha value is -2.79. The zero-order chi connectivity index (χ0) is 19.1. The van der Waals surface area contributed by atoms with Crippen LogP contribution in [0.15, 0.2) is 42.5 Å². The number of amides is 1. The lowest BCUT2D eigenvalue weighted by Gasteiger charge is -2.26. The second-order valence-electron chi connectivity index (χ2n) is 7.14. The molecule has 2 aromatic carbocycles. The maximum absolute atomic E-state index is 12.6.